The van der Waals surface area contributed by atoms with Gasteiger partial charge < -0.3 is 20.7 Å². The number of hydrogen-bond acceptors (Lipinski definition) is 4. The average molecular weight is 372 g/mol. The molecule has 0 unspecified atom stereocenters. The van der Waals surface area contributed by atoms with Crippen molar-refractivity contribution in [2.75, 3.05) is 10.6 Å². The smallest absolute Gasteiger partial charge is 0.323 e. The molecule has 4 aromatic rings. The van der Waals surface area contributed by atoms with E-state index in [1.165, 1.54) is 12.1 Å². The standard InChI is InChI=1S/C21H16N4O3/c26-16-7-2-6-15(11-16)25-21(28)24-14-5-1-4-13(10-14)19(27)18-12-23-20-17(18)8-3-9-22-20/h1-12,26H,(H,22,23)(H2,24,25,28). The second-order valence-electron chi connectivity index (χ2n) is 6.14. The van der Waals surface area contributed by atoms with Crippen LogP contribution in [0.3, 0.4) is 0 Å². The van der Waals surface area contributed by atoms with Crippen molar-refractivity contribution in [1.29, 1.82) is 0 Å². The zero-order valence-electron chi connectivity index (χ0n) is 14.6. The number of aromatic amines is 1. The highest BCUT2D eigenvalue weighted by Gasteiger charge is 2.15. The number of H-pyrrole nitrogens is 1. The van der Waals surface area contributed by atoms with E-state index in [0.29, 0.717) is 28.1 Å². The van der Waals surface area contributed by atoms with Crippen LogP contribution in [0.25, 0.3) is 11.0 Å². The van der Waals surface area contributed by atoms with Crippen LogP contribution in [0.4, 0.5) is 16.2 Å². The number of carbonyl (C=O) groups excluding carboxylic acids is 2. The van der Waals surface area contributed by atoms with Crippen LogP contribution in [0, 0.1) is 0 Å². The first-order chi connectivity index (χ1) is 13.6. The van der Waals surface area contributed by atoms with Crippen LogP contribution in [0.5, 0.6) is 5.75 Å². The summed E-state index contributed by atoms with van der Waals surface area (Å²) in [6.45, 7) is 0. The van der Waals surface area contributed by atoms with Crippen molar-refractivity contribution in [3.63, 3.8) is 0 Å². The molecule has 2 heterocycles. The van der Waals surface area contributed by atoms with Gasteiger partial charge in [-0.3, -0.25) is 4.79 Å². The molecule has 0 aliphatic carbocycles. The van der Waals surface area contributed by atoms with Gasteiger partial charge in [0.25, 0.3) is 0 Å². The summed E-state index contributed by atoms with van der Waals surface area (Å²) in [5.74, 6) is -0.116. The van der Waals surface area contributed by atoms with Gasteiger partial charge in [0.05, 0.1) is 0 Å². The van der Waals surface area contributed by atoms with E-state index in [1.54, 1.807) is 54.9 Å². The van der Waals surface area contributed by atoms with Crippen molar-refractivity contribution in [2.24, 2.45) is 0 Å². The Hall–Kier alpha value is -4.13. The first kappa shape index (κ1) is 17.3. The zero-order chi connectivity index (χ0) is 19.5. The number of hydrogen-bond donors (Lipinski definition) is 4. The molecule has 4 N–H and O–H groups in total. The summed E-state index contributed by atoms with van der Waals surface area (Å²) in [6, 6.07) is 16.0. The monoisotopic (exact) mass is 372 g/mol. The van der Waals surface area contributed by atoms with Crippen molar-refractivity contribution < 1.29 is 14.7 Å². The lowest BCUT2D eigenvalue weighted by atomic mass is 10.0. The number of ketones is 1. The lowest BCUT2D eigenvalue weighted by Crippen LogP contribution is -2.19. The zero-order valence-corrected chi connectivity index (χ0v) is 14.6. The number of rotatable bonds is 4. The molecular formula is C21H16N4O3. The normalized spacial score (nSPS) is 10.6. The molecule has 4 rings (SSSR count). The van der Waals surface area contributed by atoms with E-state index in [0.717, 1.165) is 5.39 Å². The lowest BCUT2D eigenvalue weighted by molar-refractivity contribution is 0.104. The van der Waals surface area contributed by atoms with Crippen molar-refractivity contribution in [2.45, 2.75) is 0 Å². The third kappa shape index (κ3) is 3.54. The molecule has 0 fully saturated rings. The third-order valence-corrected chi connectivity index (χ3v) is 4.18. The van der Waals surface area contributed by atoms with Crippen molar-refractivity contribution in [3.05, 3.63) is 84.2 Å². The van der Waals surface area contributed by atoms with Crippen LogP contribution in [0.1, 0.15) is 15.9 Å². The maximum Gasteiger partial charge on any atom is 0.323 e. The van der Waals surface area contributed by atoms with Crippen LogP contribution in [-0.4, -0.2) is 26.9 Å². The largest absolute Gasteiger partial charge is 0.508 e. The number of nitrogens with zero attached hydrogens (tertiary/aromatic N) is 1. The minimum Gasteiger partial charge on any atom is -0.508 e. The Morgan fingerprint density at radius 3 is 2.46 bits per heavy atom. The molecule has 2 aromatic carbocycles. The molecule has 0 radical (unpaired) electrons. The Balaban J connectivity index is 1.52. The fraction of sp³-hybridized carbons (Fsp3) is 0. The summed E-state index contributed by atoms with van der Waals surface area (Å²) < 4.78 is 0. The summed E-state index contributed by atoms with van der Waals surface area (Å²) >= 11 is 0. The number of amides is 2. The molecule has 0 bridgehead atoms. The Kier molecular flexibility index (Phi) is 4.47. The van der Waals surface area contributed by atoms with Crippen LogP contribution >= 0.6 is 0 Å². The predicted molar refractivity (Wildman–Crippen MR) is 107 cm³/mol. The van der Waals surface area contributed by atoms with Gasteiger partial charge in [-0.15, -0.1) is 0 Å². The fourth-order valence-corrected chi connectivity index (χ4v) is 2.91. The summed E-state index contributed by atoms with van der Waals surface area (Å²) in [6.07, 6.45) is 3.29. The number of nitrogens with one attached hydrogen (secondary N) is 3. The fourth-order valence-electron chi connectivity index (χ4n) is 2.91. The Morgan fingerprint density at radius 1 is 0.929 bits per heavy atom. The summed E-state index contributed by atoms with van der Waals surface area (Å²) in [5, 5.41) is 15.5. The van der Waals surface area contributed by atoms with E-state index in [9.17, 15) is 14.7 Å². The molecule has 0 saturated heterocycles. The summed E-state index contributed by atoms with van der Waals surface area (Å²) in [7, 11) is 0. The van der Waals surface area contributed by atoms with E-state index in [-0.39, 0.29) is 11.5 Å². The number of aromatic hydroxyl groups is 1. The minimum absolute atomic E-state index is 0.0543. The highest BCUT2D eigenvalue weighted by atomic mass is 16.3. The Bertz CT molecular complexity index is 1180. The Morgan fingerprint density at radius 2 is 1.68 bits per heavy atom. The number of pyridine rings is 1. The summed E-state index contributed by atoms with van der Waals surface area (Å²) in [5.41, 5.74) is 2.53. The number of carbonyl (C=O) groups is 2. The van der Waals surface area contributed by atoms with Gasteiger partial charge in [0.15, 0.2) is 5.78 Å². The van der Waals surface area contributed by atoms with Crippen LogP contribution in [0.15, 0.2) is 73.1 Å². The third-order valence-electron chi connectivity index (χ3n) is 4.18. The SMILES string of the molecule is O=C(Nc1cccc(O)c1)Nc1cccc(C(=O)c2c[nH]c3ncccc23)c1. The van der Waals surface area contributed by atoms with Crippen molar-refractivity contribution in [3.8, 4) is 5.75 Å². The van der Waals surface area contributed by atoms with Crippen LogP contribution < -0.4 is 10.6 Å². The highest BCUT2D eigenvalue weighted by molar-refractivity contribution is 6.16. The molecular weight excluding hydrogens is 356 g/mol. The molecule has 0 saturated carbocycles. The summed E-state index contributed by atoms with van der Waals surface area (Å²) in [4.78, 5) is 32.2. The van der Waals surface area contributed by atoms with Gasteiger partial charge in [0, 0.05) is 46.3 Å². The quantitative estimate of drug-likeness (QED) is 0.404. The average Bonchev–Trinajstić information content (AvgIpc) is 3.11. The number of phenols is 1. The van der Waals surface area contributed by atoms with E-state index in [2.05, 4.69) is 20.6 Å². The van der Waals surface area contributed by atoms with Gasteiger partial charge in [0.1, 0.15) is 11.4 Å². The van der Waals surface area contributed by atoms with E-state index < -0.39 is 6.03 Å². The maximum atomic E-state index is 12.9. The topological polar surface area (TPSA) is 107 Å². The molecule has 138 valence electrons. The van der Waals surface area contributed by atoms with E-state index >= 15 is 0 Å². The molecule has 7 heteroatoms. The minimum atomic E-state index is -0.480. The van der Waals surface area contributed by atoms with Gasteiger partial charge in [-0.25, -0.2) is 9.78 Å². The number of aromatic nitrogens is 2. The second-order valence-corrected chi connectivity index (χ2v) is 6.14. The molecule has 0 atom stereocenters. The number of fused-ring (bicyclic) bond motifs is 1. The van der Waals surface area contributed by atoms with E-state index in [1.807, 2.05) is 6.07 Å². The number of anilines is 2. The lowest BCUT2D eigenvalue weighted by Gasteiger charge is -2.09. The van der Waals surface area contributed by atoms with Gasteiger partial charge >= 0.3 is 6.03 Å². The highest BCUT2D eigenvalue weighted by Crippen LogP contribution is 2.21. The van der Waals surface area contributed by atoms with Gasteiger partial charge in [-0.05, 0) is 36.4 Å². The van der Waals surface area contributed by atoms with Crippen LogP contribution in [0.2, 0.25) is 0 Å². The molecule has 2 amide bonds. The number of benzene rings is 2. The molecule has 0 aliphatic heterocycles. The molecule has 0 spiro atoms. The van der Waals surface area contributed by atoms with Gasteiger partial charge in [-0.1, -0.05) is 18.2 Å². The van der Waals surface area contributed by atoms with Crippen molar-refractivity contribution >= 4 is 34.2 Å². The number of urea groups is 1. The molecule has 0 aliphatic rings. The first-order valence-corrected chi connectivity index (χ1v) is 8.54. The van der Waals surface area contributed by atoms with Crippen LogP contribution in [-0.2, 0) is 0 Å². The molecule has 7 nitrogen and oxygen atoms in total. The van der Waals surface area contributed by atoms with Gasteiger partial charge in [0.2, 0.25) is 0 Å². The molecule has 2 aromatic heterocycles. The van der Waals surface area contributed by atoms with E-state index in [4.69, 9.17) is 0 Å². The maximum absolute atomic E-state index is 12.9. The first-order valence-electron chi connectivity index (χ1n) is 8.54. The second kappa shape index (κ2) is 7.24. The van der Waals surface area contributed by atoms with Gasteiger partial charge in [-0.2, -0.15) is 0 Å². The number of phenolic OH excluding ortho intramolecular Hbond substituents is 1. The predicted octanol–water partition coefficient (Wildman–Crippen LogP) is 4.14. The Labute approximate surface area is 160 Å². The van der Waals surface area contributed by atoms with Crippen molar-refractivity contribution in [1.82, 2.24) is 9.97 Å². The molecule has 28 heavy (non-hydrogen) atoms.